The van der Waals surface area contributed by atoms with Crippen LogP contribution < -0.4 is 5.73 Å². The molecule has 0 spiro atoms. The Morgan fingerprint density at radius 1 is 1.24 bits per heavy atom. The summed E-state index contributed by atoms with van der Waals surface area (Å²) in [6.45, 7) is 6.92. The molecule has 0 radical (unpaired) electrons. The Kier molecular flexibility index (Phi) is 3.29. The lowest BCUT2D eigenvalue weighted by atomic mass is 10.1. The first kappa shape index (κ1) is 11.9. The van der Waals surface area contributed by atoms with Crippen LogP contribution in [-0.4, -0.2) is 9.78 Å². The van der Waals surface area contributed by atoms with Crippen LogP contribution in [-0.2, 0) is 6.54 Å². The van der Waals surface area contributed by atoms with Crippen molar-refractivity contribution in [1.29, 1.82) is 0 Å². The zero-order valence-corrected chi connectivity index (χ0v) is 10.6. The van der Waals surface area contributed by atoms with Crippen molar-refractivity contribution in [2.24, 2.45) is 5.73 Å². The molecule has 2 rings (SSSR count). The van der Waals surface area contributed by atoms with E-state index in [0.717, 1.165) is 12.2 Å². The molecule has 2 N–H and O–H groups in total. The number of nitrogens with two attached hydrogens (primary N) is 1. The summed E-state index contributed by atoms with van der Waals surface area (Å²) >= 11 is 0. The summed E-state index contributed by atoms with van der Waals surface area (Å²) in [4.78, 5) is 0. The van der Waals surface area contributed by atoms with Gasteiger partial charge in [-0.25, -0.2) is 0 Å². The number of hydrogen-bond acceptors (Lipinski definition) is 2. The SMILES string of the molecule is Cc1nn(Cc2ccccc2)c(C)c1C(C)N. The van der Waals surface area contributed by atoms with Gasteiger partial charge in [0.05, 0.1) is 12.2 Å². The van der Waals surface area contributed by atoms with Crippen LogP contribution >= 0.6 is 0 Å². The van der Waals surface area contributed by atoms with Gasteiger partial charge in [0.15, 0.2) is 0 Å². The Bertz CT molecular complexity index is 498. The normalized spacial score (nSPS) is 12.7. The van der Waals surface area contributed by atoms with Crippen LogP contribution in [0.3, 0.4) is 0 Å². The molecule has 0 aliphatic rings. The zero-order chi connectivity index (χ0) is 12.4. The highest BCUT2D eigenvalue weighted by Gasteiger charge is 2.14. The fraction of sp³-hybridized carbons (Fsp3) is 0.357. The quantitative estimate of drug-likeness (QED) is 0.879. The van der Waals surface area contributed by atoms with Crippen LogP contribution in [0.1, 0.15) is 35.5 Å². The summed E-state index contributed by atoms with van der Waals surface area (Å²) in [7, 11) is 0. The molecule has 1 heterocycles. The highest BCUT2D eigenvalue weighted by molar-refractivity contribution is 5.28. The first-order valence-electron chi connectivity index (χ1n) is 5.93. The van der Waals surface area contributed by atoms with E-state index in [1.54, 1.807) is 0 Å². The maximum Gasteiger partial charge on any atom is 0.0662 e. The van der Waals surface area contributed by atoms with Crippen molar-refractivity contribution >= 4 is 0 Å². The molecule has 1 unspecified atom stereocenters. The van der Waals surface area contributed by atoms with Crippen LogP contribution in [0.2, 0.25) is 0 Å². The second-order valence-electron chi connectivity index (χ2n) is 4.52. The number of nitrogens with zero attached hydrogens (tertiary/aromatic N) is 2. The Hall–Kier alpha value is -1.61. The van der Waals surface area contributed by atoms with E-state index in [4.69, 9.17) is 5.73 Å². The molecule has 0 amide bonds. The Labute approximate surface area is 102 Å². The van der Waals surface area contributed by atoms with Crippen molar-refractivity contribution < 1.29 is 0 Å². The lowest BCUT2D eigenvalue weighted by Gasteiger charge is -2.07. The highest BCUT2D eigenvalue weighted by atomic mass is 15.3. The van der Waals surface area contributed by atoms with E-state index < -0.39 is 0 Å². The zero-order valence-electron chi connectivity index (χ0n) is 10.6. The molecule has 0 bridgehead atoms. The summed E-state index contributed by atoms with van der Waals surface area (Å²) in [5, 5.41) is 4.56. The van der Waals surface area contributed by atoms with Crippen LogP contribution in [0.4, 0.5) is 0 Å². The Morgan fingerprint density at radius 2 is 1.88 bits per heavy atom. The fourth-order valence-electron chi connectivity index (χ4n) is 2.28. The largest absolute Gasteiger partial charge is 0.324 e. The minimum atomic E-state index is 0.0412. The molecule has 1 aromatic heterocycles. The van der Waals surface area contributed by atoms with Crippen molar-refractivity contribution in [3.63, 3.8) is 0 Å². The van der Waals surface area contributed by atoms with Crippen molar-refractivity contribution in [3.8, 4) is 0 Å². The Morgan fingerprint density at radius 3 is 2.41 bits per heavy atom. The van der Waals surface area contributed by atoms with Crippen molar-refractivity contribution in [1.82, 2.24) is 9.78 Å². The first-order valence-corrected chi connectivity index (χ1v) is 5.93. The van der Waals surface area contributed by atoms with E-state index >= 15 is 0 Å². The van der Waals surface area contributed by atoms with Crippen molar-refractivity contribution in [2.45, 2.75) is 33.4 Å². The second kappa shape index (κ2) is 4.72. The lowest BCUT2D eigenvalue weighted by Crippen LogP contribution is -2.08. The Balaban J connectivity index is 2.32. The molecule has 0 saturated carbocycles. The summed E-state index contributed by atoms with van der Waals surface area (Å²) < 4.78 is 2.03. The van der Waals surface area contributed by atoms with E-state index in [0.29, 0.717) is 0 Å². The third kappa shape index (κ3) is 2.39. The first-order chi connectivity index (χ1) is 8.09. The third-order valence-corrected chi connectivity index (χ3v) is 3.07. The predicted octanol–water partition coefficient (Wildman–Crippen LogP) is 2.57. The van der Waals surface area contributed by atoms with E-state index in [1.807, 2.05) is 36.7 Å². The molecule has 3 heteroatoms. The van der Waals surface area contributed by atoms with Crippen LogP contribution in [0.25, 0.3) is 0 Å². The molecule has 0 aliphatic heterocycles. The van der Waals surface area contributed by atoms with Gasteiger partial charge in [0.2, 0.25) is 0 Å². The topological polar surface area (TPSA) is 43.8 Å². The van der Waals surface area contributed by atoms with Crippen molar-refractivity contribution in [3.05, 3.63) is 52.8 Å². The maximum atomic E-state index is 5.97. The molecule has 1 aromatic carbocycles. The van der Waals surface area contributed by atoms with Gasteiger partial charge in [-0.15, -0.1) is 0 Å². The van der Waals surface area contributed by atoms with Gasteiger partial charge in [-0.2, -0.15) is 5.10 Å². The lowest BCUT2D eigenvalue weighted by molar-refractivity contribution is 0.656. The van der Waals surface area contributed by atoms with Crippen LogP contribution in [0.15, 0.2) is 30.3 Å². The summed E-state index contributed by atoms with van der Waals surface area (Å²) in [5.41, 5.74) is 10.6. The molecule has 2 aromatic rings. The number of benzene rings is 1. The van der Waals surface area contributed by atoms with Gasteiger partial charge in [-0.05, 0) is 26.3 Å². The van der Waals surface area contributed by atoms with Gasteiger partial charge in [0.1, 0.15) is 0 Å². The van der Waals surface area contributed by atoms with E-state index in [1.165, 1.54) is 16.8 Å². The maximum absolute atomic E-state index is 5.97. The second-order valence-corrected chi connectivity index (χ2v) is 4.52. The molecule has 0 aliphatic carbocycles. The minimum Gasteiger partial charge on any atom is -0.324 e. The fourth-order valence-corrected chi connectivity index (χ4v) is 2.28. The average Bonchev–Trinajstić information content (AvgIpc) is 2.55. The third-order valence-electron chi connectivity index (χ3n) is 3.07. The molecule has 17 heavy (non-hydrogen) atoms. The molecular formula is C14H19N3. The van der Waals surface area contributed by atoms with Gasteiger partial charge >= 0.3 is 0 Å². The summed E-state index contributed by atoms with van der Waals surface area (Å²) in [6, 6.07) is 10.4. The molecule has 1 atom stereocenters. The van der Waals surface area contributed by atoms with Crippen LogP contribution in [0, 0.1) is 13.8 Å². The predicted molar refractivity (Wildman–Crippen MR) is 69.8 cm³/mol. The van der Waals surface area contributed by atoms with Gasteiger partial charge in [0, 0.05) is 17.3 Å². The van der Waals surface area contributed by atoms with E-state index in [-0.39, 0.29) is 6.04 Å². The number of rotatable bonds is 3. The average molecular weight is 229 g/mol. The van der Waals surface area contributed by atoms with Gasteiger partial charge in [-0.1, -0.05) is 30.3 Å². The standard InChI is InChI=1S/C14H19N3/c1-10(15)14-11(2)16-17(12(14)3)9-13-7-5-4-6-8-13/h4-8,10H,9,15H2,1-3H3. The van der Waals surface area contributed by atoms with Gasteiger partial charge < -0.3 is 5.73 Å². The minimum absolute atomic E-state index is 0.0412. The number of hydrogen-bond donors (Lipinski definition) is 1. The number of aryl methyl sites for hydroxylation is 1. The molecule has 0 fully saturated rings. The van der Waals surface area contributed by atoms with E-state index in [9.17, 15) is 0 Å². The number of aromatic nitrogens is 2. The van der Waals surface area contributed by atoms with Gasteiger partial charge in [0.25, 0.3) is 0 Å². The summed E-state index contributed by atoms with van der Waals surface area (Å²) in [5.74, 6) is 0. The van der Waals surface area contributed by atoms with Gasteiger partial charge in [-0.3, -0.25) is 4.68 Å². The smallest absolute Gasteiger partial charge is 0.0662 e. The monoisotopic (exact) mass is 229 g/mol. The summed E-state index contributed by atoms with van der Waals surface area (Å²) in [6.07, 6.45) is 0. The van der Waals surface area contributed by atoms with Crippen LogP contribution in [0.5, 0.6) is 0 Å². The van der Waals surface area contributed by atoms with Crippen molar-refractivity contribution in [2.75, 3.05) is 0 Å². The molecule has 90 valence electrons. The highest BCUT2D eigenvalue weighted by Crippen LogP contribution is 2.20. The molecule has 0 saturated heterocycles. The molecule has 3 nitrogen and oxygen atoms in total. The van der Waals surface area contributed by atoms with E-state index in [2.05, 4.69) is 24.2 Å². The molecular weight excluding hydrogens is 210 g/mol.